The van der Waals surface area contributed by atoms with Crippen molar-refractivity contribution >= 4 is 18.0 Å². The number of fused-ring (bicyclic) bond motifs is 2. The second kappa shape index (κ2) is 13.8. The molecule has 10 heteroatoms. The van der Waals surface area contributed by atoms with Crippen molar-refractivity contribution in [2.45, 2.75) is 76.5 Å². The van der Waals surface area contributed by atoms with E-state index in [0.717, 1.165) is 53.0 Å². The van der Waals surface area contributed by atoms with Gasteiger partial charge in [0.25, 0.3) is 0 Å². The smallest absolute Gasteiger partial charge is 0.415 e. The molecule has 3 aliphatic rings. The lowest BCUT2D eigenvalue weighted by atomic mass is 9.65. The van der Waals surface area contributed by atoms with E-state index in [9.17, 15) is 19.5 Å². The summed E-state index contributed by atoms with van der Waals surface area (Å²) in [6.45, 7) is 6.91. The number of alkyl carbamates (subject to hydrolysis) is 1. The van der Waals surface area contributed by atoms with Gasteiger partial charge in [-0.05, 0) is 50.3 Å². The van der Waals surface area contributed by atoms with Gasteiger partial charge in [-0.2, -0.15) is 0 Å². The minimum absolute atomic E-state index is 0.0234. The minimum atomic E-state index is -0.696. The van der Waals surface area contributed by atoms with Gasteiger partial charge in [-0.3, -0.25) is 4.79 Å². The first-order valence-corrected chi connectivity index (χ1v) is 16.2. The molecule has 2 N–H and O–H groups in total. The SMILES string of the molecule is Cc1ccc(OC(=O)N(C)CCNC(=O)OCc2ccccc2)c2c1[C@@]1(CC[N@+](C)(CC3CC3)[C@H](C)C1)[C@H](C(=O)CCCO)O2. The van der Waals surface area contributed by atoms with E-state index >= 15 is 0 Å². The first kappa shape index (κ1) is 32.8. The highest BCUT2D eigenvalue weighted by molar-refractivity contribution is 5.87. The van der Waals surface area contributed by atoms with Crippen molar-refractivity contribution < 1.29 is 38.2 Å². The number of likely N-dealkylation sites (N-methyl/N-ethyl adjacent to an activating group) is 1. The van der Waals surface area contributed by atoms with Crippen LogP contribution in [0.4, 0.5) is 9.59 Å². The van der Waals surface area contributed by atoms with Crippen LogP contribution >= 0.6 is 0 Å². The summed E-state index contributed by atoms with van der Waals surface area (Å²) in [5, 5.41) is 12.1. The number of hydrogen-bond acceptors (Lipinski definition) is 7. The Balaban J connectivity index is 1.27. The second-order valence-corrected chi connectivity index (χ2v) is 13.4. The molecule has 1 aliphatic carbocycles. The van der Waals surface area contributed by atoms with Crippen LogP contribution in [-0.2, 0) is 21.6 Å². The van der Waals surface area contributed by atoms with Gasteiger partial charge < -0.3 is 34.0 Å². The van der Waals surface area contributed by atoms with Gasteiger partial charge in [0.15, 0.2) is 23.4 Å². The van der Waals surface area contributed by atoms with E-state index in [-0.39, 0.29) is 44.3 Å². The van der Waals surface area contributed by atoms with Crippen LogP contribution in [0.2, 0.25) is 0 Å². The number of nitrogens with zero attached hydrogens (tertiary/aromatic N) is 2. The Morgan fingerprint density at radius 3 is 2.60 bits per heavy atom. The Morgan fingerprint density at radius 2 is 1.91 bits per heavy atom. The third-order valence-electron chi connectivity index (χ3n) is 10.0. The largest absolute Gasteiger partial charge is 0.477 e. The molecular formula is C35H48N3O7+. The summed E-state index contributed by atoms with van der Waals surface area (Å²) in [5.41, 5.74) is 2.34. The van der Waals surface area contributed by atoms with Gasteiger partial charge in [0, 0.05) is 57.5 Å². The Kier molecular flexibility index (Phi) is 10.0. The number of Topliss-reactive ketones (excluding diaryl/α,β-unsaturated/α-hetero) is 1. The number of hydrogen-bond donors (Lipinski definition) is 2. The molecule has 2 fully saturated rings. The van der Waals surface area contributed by atoms with Crippen molar-refractivity contribution in [2.24, 2.45) is 5.92 Å². The zero-order valence-electron chi connectivity index (χ0n) is 27.0. The predicted octanol–water partition coefficient (Wildman–Crippen LogP) is 4.73. The summed E-state index contributed by atoms with van der Waals surface area (Å²) in [4.78, 5) is 40.3. The van der Waals surface area contributed by atoms with Crippen LogP contribution in [-0.4, -0.2) is 91.5 Å². The number of aliphatic hydroxyl groups is 1. The van der Waals surface area contributed by atoms with Crippen molar-refractivity contribution in [1.29, 1.82) is 0 Å². The van der Waals surface area contributed by atoms with E-state index in [1.54, 1.807) is 13.1 Å². The first-order chi connectivity index (χ1) is 21.6. The number of aryl methyl sites for hydroxylation is 1. The minimum Gasteiger partial charge on any atom is -0.477 e. The van der Waals surface area contributed by atoms with Gasteiger partial charge in [0.05, 0.1) is 31.6 Å². The molecule has 5 rings (SSSR count). The summed E-state index contributed by atoms with van der Waals surface area (Å²) in [6, 6.07) is 13.4. The van der Waals surface area contributed by atoms with E-state index in [1.165, 1.54) is 17.7 Å². The van der Waals surface area contributed by atoms with Crippen molar-refractivity contribution in [3.63, 3.8) is 0 Å². The fraction of sp³-hybridized carbons (Fsp3) is 0.571. The lowest BCUT2D eigenvalue weighted by Crippen LogP contribution is -2.62. The van der Waals surface area contributed by atoms with Crippen LogP contribution < -0.4 is 14.8 Å². The molecule has 0 unspecified atom stereocenters. The van der Waals surface area contributed by atoms with Gasteiger partial charge in [-0.1, -0.05) is 36.4 Å². The fourth-order valence-corrected chi connectivity index (χ4v) is 7.11. The van der Waals surface area contributed by atoms with Crippen molar-refractivity contribution in [2.75, 3.05) is 46.9 Å². The summed E-state index contributed by atoms with van der Waals surface area (Å²) in [7, 11) is 3.94. The first-order valence-electron chi connectivity index (χ1n) is 16.2. The number of likely N-dealkylation sites (tertiary alicyclic amines) is 1. The van der Waals surface area contributed by atoms with E-state index in [4.69, 9.17) is 14.2 Å². The third-order valence-corrected chi connectivity index (χ3v) is 10.0. The van der Waals surface area contributed by atoms with Crippen LogP contribution in [0.25, 0.3) is 0 Å². The van der Waals surface area contributed by atoms with E-state index in [2.05, 4.69) is 19.3 Å². The molecular weight excluding hydrogens is 574 g/mol. The number of benzene rings is 2. The number of ketones is 1. The zero-order valence-corrected chi connectivity index (χ0v) is 27.0. The lowest BCUT2D eigenvalue weighted by Gasteiger charge is -2.51. The van der Waals surface area contributed by atoms with Crippen LogP contribution in [0.3, 0.4) is 0 Å². The van der Waals surface area contributed by atoms with Crippen molar-refractivity contribution in [3.8, 4) is 11.5 Å². The highest BCUT2D eigenvalue weighted by Gasteiger charge is 2.59. The molecule has 244 valence electrons. The molecule has 1 saturated carbocycles. The Morgan fingerprint density at radius 1 is 1.16 bits per heavy atom. The number of quaternary nitrogens is 1. The average molecular weight is 623 g/mol. The van der Waals surface area contributed by atoms with Crippen LogP contribution in [0.5, 0.6) is 11.5 Å². The number of aliphatic hydroxyl groups excluding tert-OH is 1. The molecule has 0 bridgehead atoms. The second-order valence-electron chi connectivity index (χ2n) is 13.4. The number of amides is 2. The topological polar surface area (TPSA) is 114 Å². The highest BCUT2D eigenvalue weighted by Crippen LogP contribution is 2.56. The standard InChI is InChI=1S/C35H47N3O7/c1-24-12-15-29(44-34(42)37(3)18-17-36-33(41)43-23-27-9-6-5-7-10-27)31-30(24)35(32(45-31)28(40)11-8-20-39)16-19-38(4,25(2)21-35)22-26-13-14-26/h5-7,9-10,12,15,25-26,32,39H,8,11,13-14,16-23H2,1-4H3/p+1/t25-,32+,35+,38-/m1/s1. The summed E-state index contributed by atoms with van der Waals surface area (Å²) in [5.74, 6) is 1.52. The molecule has 2 amide bonds. The molecule has 2 aliphatic heterocycles. The summed E-state index contributed by atoms with van der Waals surface area (Å²) in [6.07, 6.45) is 2.95. The quantitative estimate of drug-likeness (QED) is 0.329. The molecule has 0 aromatic heterocycles. The molecule has 4 atom stereocenters. The number of carbonyl (C=O) groups is 3. The van der Waals surface area contributed by atoms with Gasteiger partial charge in [-0.25, -0.2) is 9.59 Å². The average Bonchev–Trinajstić information content (AvgIpc) is 3.77. The highest BCUT2D eigenvalue weighted by atomic mass is 16.6. The van der Waals surface area contributed by atoms with E-state index in [0.29, 0.717) is 18.2 Å². The van der Waals surface area contributed by atoms with Gasteiger partial charge in [0.2, 0.25) is 0 Å². The molecule has 45 heavy (non-hydrogen) atoms. The fourth-order valence-electron chi connectivity index (χ4n) is 7.11. The maximum absolute atomic E-state index is 13.7. The van der Waals surface area contributed by atoms with Gasteiger partial charge in [-0.15, -0.1) is 0 Å². The van der Waals surface area contributed by atoms with E-state index in [1.807, 2.05) is 43.3 Å². The van der Waals surface area contributed by atoms with Crippen LogP contribution in [0.15, 0.2) is 42.5 Å². The maximum atomic E-state index is 13.7. The molecule has 2 aromatic carbocycles. The summed E-state index contributed by atoms with van der Waals surface area (Å²) < 4.78 is 18.6. The molecule has 1 spiro atoms. The van der Waals surface area contributed by atoms with Crippen molar-refractivity contribution in [3.05, 3.63) is 59.2 Å². The normalized spacial score (nSPS) is 25.3. The number of carbonyl (C=O) groups excluding carboxylic acids is 3. The van der Waals surface area contributed by atoms with Gasteiger partial charge >= 0.3 is 12.2 Å². The summed E-state index contributed by atoms with van der Waals surface area (Å²) >= 11 is 0. The van der Waals surface area contributed by atoms with Crippen LogP contribution in [0.1, 0.15) is 62.1 Å². The van der Waals surface area contributed by atoms with Crippen LogP contribution in [0, 0.1) is 12.8 Å². The predicted molar refractivity (Wildman–Crippen MR) is 169 cm³/mol. The Labute approximate surface area is 266 Å². The Hall–Kier alpha value is -3.63. The van der Waals surface area contributed by atoms with Gasteiger partial charge in [0.1, 0.15) is 6.61 Å². The molecule has 10 nitrogen and oxygen atoms in total. The third kappa shape index (κ3) is 7.28. The molecule has 0 radical (unpaired) electrons. The zero-order chi connectivity index (χ0) is 32.2. The Bertz CT molecular complexity index is 1380. The molecule has 2 heterocycles. The number of piperidine rings is 1. The number of nitrogens with one attached hydrogen (secondary N) is 1. The molecule has 2 aromatic rings. The number of ether oxygens (including phenoxy) is 3. The van der Waals surface area contributed by atoms with E-state index < -0.39 is 23.7 Å². The maximum Gasteiger partial charge on any atom is 0.415 e. The lowest BCUT2D eigenvalue weighted by molar-refractivity contribution is -0.939. The number of rotatable bonds is 12. The van der Waals surface area contributed by atoms with Crippen molar-refractivity contribution in [1.82, 2.24) is 10.2 Å². The molecule has 1 saturated heterocycles. The monoisotopic (exact) mass is 622 g/mol.